The van der Waals surface area contributed by atoms with Crippen LogP contribution < -0.4 is 0 Å². The number of halogens is 1. The van der Waals surface area contributed by atoms with Crippen LogP contribution in [-0.2, 0) is 0 Å². The second-order valence-corrected chi connectivity index (χ2v) is 4.85. The van der Waals surface area contributed by atoms with Crippen molar-refractivity contribution in [1.29, 1.82) is 0 Å². The van der Waals surface area contributed by atoms with E-state index in [0.29, 0.717) is 5.92 Å². The summed E-state index contributed by atoms with van der Waals surface area (Å²) >= 11 is 3.41. The molecule has 2 aromatic rings. The molecule has 15 heavy (non-hydrogen) atoms. The standard InChI is InChI=1S/C13H14BrN/c1-9(2)10-3-5-11(6-4-10)12-7-8-13(14)15-12/h3-9,15H,1-2H3. The van der Waals surface area contributed by atoms with Gasteiger partial charge in [0.15, 0.2) is 0 Å². The Morgan fingerprint density at radius 1 is 1.00 bits per heavy atom. The van der Waals surface area contributed by atoms with Gasteiger partial charge in [0.05, 0.1) is 4.60 Å². The topological polar surface area (TPSA) is 15.8 Å². The average molecular weight is 264 g/mol. The fraction of sp³-hybridized carbons (Fsp3) is 0.231. The minimum absolute atomic E-state index is 0.592. The number of hydrogen-bond donors (Lipinski definition) is 1. The normalized spacial score (nSPS) is 10.9. The summed E-state index contributed by atoms with van der Waals surface area (Å²) in [6, 6.07) is 12.8. The number of hydrogen-bond acceptors (Lipinski definition) is 0. The molecule has 78 valence electrons. The van der Waals surface area contributed by atoms with E-state index in [-0.39, 0.29) is 0 Å². The van der Waals surface area contributed by atoms with Gasteiger partial charge < -0.3 is 4.98 Å². The van der Waals surface area contributed by atoms with Gasteiger partial charge in [0, 0.05) is 5.69 Å². The van der Waals surface area contributed by atoms with Gasteiger partial charge in [0.25, 0.3) is 0 Å². The first-order valence-corrected chi connectivity index (χ1v) is 5.91. The lowest BCUT2D eigenvalue weighted by atomic mass is 10.0. The van der Waals surface area contributed by atoms with Crippen LogP contribution in [0.4, 0.5) is 0 Å². The third-order valence-corrected chi connectivity index (χ3v) is 3.00. The summed E-state index contributed by atoms with van der Waals surface area (Å²) in [4.78, 5) is 3.26. The number of H-pyrrole nitrogens is 1. The molecule has 0 aliphatic heterocycles. The van der Waals surface area contributed by atoms with Crippen molar-refractivity contribution in [1.82, 2.24) is 4.98 Å². The smallest absolute Gasteiger partial charge is 0.0824 e. The van der Waals surface area contributed by atoms with Crippen LogP contribution in [0.15, 0.2) is 41.0 Å². The molecule has 1 heterocycles. The molecule has 0 aliphatic carbocycles. The molecular formula is C13H14BrN. The summed E-state index contributed by atoms with van der Waals surface area (Å²) < 4.78 is 1.02. The zero-order valence-corrected chi connectivity index (χ0v) is 10.5. The molecule has 0 saturated carbocycles. The van der Waals surface area contributed by atoms with E-state index >= 15 is 0 Å². The maximum atomic E-state index is 3.41. The van der Waals surface area contributed by atoms with Gasteiger partial charge in [0.2, 0.25) is 0 Å². The highest BCUT2D eigenvalue weighted by molar-refractivity contribution is 9.10. The third-order valence-electron chi connectivity index (χ3n) is 2.54. The second-order valence-electron chi connectivity index (χ2n) is 4.00. The van der Waals surface area contributed by atoms with Crippen LogP contribution >= 0.6 is 15.9 Å². The Balaban J connectivity index is 2.31. The molecule has 0 aliphatic rings. The lowest BCUT2D eigenvalue weighted by Gasteiger charge is -2.05. The van der Waals surface area contributed by atoms with Crippen molar-refractivity contribution >= 4 is 15.9 Å². The molecule has 2 rings (SSSR count). The minimum Gasteiger partial charge on any atom is -0.349 e. The lowest BCUT2D eigenvalue weighted by molar-refractivity contribution is 0.867. The van der Waals surface area contributed by atoms with Gasteiger partial charge in [-0.1, -0.05) is 38.1 Å². The van der Waals surface area contributed by atoms with Gasteiger partial charge in [-0.25, -0.2) is 0 Å². The van der Waals surface area contributed by atoms with Crippen molar-refractivity contribution in [2.24, 2.45) is 0 Å². The molecule has 1 aromatic heterocycles. The molecule has 0 amide bonds. The summed E-state index contributed by atoms with van der Waals surface area (Å²) in [6.07, 6.45) is 0. The fourth-order valence-electron chi connectivity index (χ4n) is 1.58. The van der Waals surface area contributed by atoms with Crippen molar-refractivity contribution in [3.8, 4) is 11.3 Å². The van der Waals surface area contributed by atoms with Gasteiger partial charge in [-0.05, 0) is 45.1 Å². The van der Waals surface area contributed by atoms with Gasteiger partial charge in [-0.3, -0.25) is 0 Å². The maximum Gasteiger partial charge on any atom is 0.0824 e. The van der Waals surface area contributed by atoms with Crippen LogP contribution in [0, 0.1) is 0 Å². The van der Waals surface area contributed by atoms with Gasteiger partial charge in [0.1, 0.15) is 0 Å². The van der Waals surface area contributed by atoms with Gasteiger partial charge in [-0.2, -0.15) is 0 Å². The van der Waals surface area contributed by atoms with Crippen molar-refractivity contribution in [2.45, 2.75) is 19.8 Å². The van der Waals surface area contributed by atoms with E-state index in [9.17, 15) is 0 Å². The zero-order valence-electron chi connectivity index (χ0n) is 8.92. The van der Waals surface area contributed by atoms with Gasteiger partial charge >= 0.3 is 0 Å². The van der Waals surface area contributed by atoms with Crippen molar-refractivity contribution < 1.29 is 0 Å². The van der Waals surface area contributed by atoms with E-state index in [0.717, 1.165) is 10.3 Å². The average Bonchev–Trinajstić information content (AvgIpc) is 2.65. The molecule has 0 spiro atoms. The molecule has 2 heteroatoms. The summed E-state index contributed by atoms with van der Waals surface area (Å²) in [6.45, 7) is 4.42. The molecule has 1 aromatic carbocycles. The Morgan fingerprint density at radius 3 is 2.13 bits per heavy atom. The van der Waals surface area contributed by atoms with Crippen molar-refractivity contribution in [2.75, 3.05) is 0 Å². The summed E-state index contributed by atoms with van der Waals surface area (Å²) in [7, 11) is 0. The van der Waals surface area contributed by atoms with E-state index in [1.807, 2.05) is 6.07 Å². The molecule has 1 N–H and O–H groups in total. The highest BCUT2D eigenvalue weighted by atomic mass is 79.9. The molecule has 1 nitrogen and oxygen atoms in total. The molecular weight excluding hydrogens is 250 g/mol. The monoisotopic (exact) mass is 263 g/mol. The number of aromatic nitrogens is 1. The Morgan fingerprint density at radius 2 is 1.67 bits per heavy atom. The van der Waals surface area contributed by atoms with Gasteiger partial charge in [-0.15, -0.1) is 0 Å². The van der Waals surface area contributed by atoms with Crippen LogP contribution in [-0.4, -0.2) is 4.98 Å². The van der Waals surface area contributed by atoms with Crippen LogP contribution in [0.3, 0.4) is 0 Å². The second kappa shape index (κ2) is 4.23. The van der Waals surface area contributed by atoms with E-state index in [4.69, 9.17) is 0 Å². The minimum atomic E-state index is 0.592. The molecule has 0 saturated heterocycles. The van der Waals surface area contributed by atoms with Crippen LogP contribution in [0.5, 0.6) is 0 Å². The summed E-state index contributed by atoms with van der Waals surface area (Å²) in [5, 5.41) is 0. The molecule has 0 bridgehead atoms. The maximum absolute atomic E-state index is 3.41. The first-order valence-electron chi connectivity index (χ1n) is 5.11. The first kappa shape index (κ1) is 10.5. The van der Waals surface area contributed by atoms with E-state index < -0.39 is 0 Å². The zero-order chi connectivity index (χ0) is 10.8. The summed E-state index contributed by atoms with van der Waals surface area (Å²) in [5.41, 5.74) is 3.76. The number of nitrogens with one attached hydrogen (secondary N) is 1. The molecule has 0 atom stereocenters. The highest BCUT2D eigenvalue weighted by Gasteiger charge is 2.02. The Bertz CT molecular complexity index is 440. The molecule has 0 radical (unpaired) electrons. The van der Waals surface area contributed by atoms with E-state index in [2.05, 4.69) is 65.1 Å². The largest absolute Gasteiger partial charge is 0.349 e. The third kappa shape index (κ3) is 2.32. The first-order chi connectivity index (χ1) is 7.16. The van der Waals surface area contributed by atoms with Crippen LogP contribution in [0.1, 0.15) is 25.3 Å². The number of aromatic amines is 1. The molecule has 0 unspecified atom stereocenters. The predicted octanol–water partition coefficient (Wildman–Crippen LogP) is 4.57. The Labute approximate surface area is 98.7 Å². The lowest BCUT2D eigenvalue weighted by Crippen LogP contribution is -1.86. The molecule has 0 fully saturated rings. The summed E-state index contributed by atoms with van der Waals surface area (Å²) in [5.74, 6) is 0.592. The number of benzene rings is 1. The van der Waals surface area contributed by atoms with E-state index in [1.165, 1.54) is 11.1 Å². The predicted molar refractivity (Wildman–Crippen MR) is 68.0 cm³/mol. The number of rotatable bonds is 2. The Kier molecular flexibility index (Phi) is 2.96. The fourth-order valence-corrected chi connectivity index (χ4v) is 1.93. The Hall–Kier alpha value is -1.02. The van der Waals surface area contributed by atoms with E-state index in [1.54, 1.807) is 0 Å². The van der Waals surface area contributed by atoms with Crippen molar-refractivity contribution in [3.05, 3.63) is 46.6 Å². The van der Waals surface area contributed by atoms with Crippen LogP contribution in [0.25, 0.3) is 11.3 Å². The quantitative estimate of drug-likeness (QED) is 0.817. The van der Waals surface area contributed by atoms with Crippen LogP contribution in [0.2, 0.25) is 0 Å². The highest BCUT2D eigenvalue weighted by Crippen LogP contribution is 2.23. The SMILES string of the molecule is CC(C)c1ccc(-c2ccc(Br)[nH]2)cc1. The van der Waals surface area contributed by atoms with Crippen molar-refractivity contribution in [3.63, 3.8) is 0 Å².